The van der Waals surface area contributed by atoms with Crippen LogP contribution in [-0.4, -0.2) is 12.0 Å². The molecule has 1 aromatic carbocycles. The SMILES string of the molecule is CC(C)(C)c1ccccc1.CO[P+](=O)O. The summed E-state index contributed by atoms with van der Waals surface area (Å²) in [6, 6.07) is 10.6. The number of hydrogen-bond acceptors (Lipinski definition) is 2. The van der Waals surface area contributed by atoms with Gasteiger partial charge in [0.1, 0.15) is 0 Å². The lowest BCUT2D eigenvalue weighted by molar-refractivity contribution is 0.343. The van der Waals surface area contributed by atoms with Crippen LogP contribution in [0.2, 0.25) is 0 Å². The summed E-state index contributed by atoms with van der Waals surface area (Å²) in [5.41, 5.74) is 1.69. The minimum Gasteiger partial charge on any atom is -0.133 e. The average Bonchev–Trinajstić information content (AvgIpc) is 2.19. The maximum Gasteiger partial charge on any atom is 0.694 e. The van der Waals surface area contributed by atoms with Gasteiger partial charge >= 0.3 is 8.25 Å². The van der Waals surface area contributed by atoms with Crippen LogP contribution in [0.15, 0.2) is 30.3 Å². The summed E-state index contributed by atoms with van der Waals surface area (Å²) in [7, 11) is -1.18. The third-order valence-electron chi connectivity index (χ3n) is 1.80. The first-order valence-electron chi connectivity index (χ1n) is 4.63. The zero-order valence-corrected chi connectivity index (χ0v) is 10.5. The molecule has 1 rings (SSSR count). The van der Waals surface area contributed by atoms with E-state index in [1.54, 1.807) is 0 Å². The fourth-order valence-corrected chi connectivity index (χ4v) is 0.938. The summed E-state index contributed by atoms with van der Waals surface area (Å²) < 4.78 is 13.1. The van der Waals surface area contributed by atoms with E-state index in [2.05, 4.69) is 55.6 Å². The highest BCUT2D eigenvalue weighted by Gasteiger charge is 2.11. The maximum atomic E-state index is 9.29. The number of rotatable bonds is 1. The van der Waals surface area contributed by atoms with Crippen LogP contribution in [0.4, 0.5) is 0 Å². The molecule has 3 nitrogen and oxygen atoms in total. The molecular formula is C11H18O3P+. The molecule has 0 radical (unpaired) electrons. The fourth-order valence-electron chi connectivity index (χ4n) is 0.938. The van der Waals surface area contributed by atoms with E-state index >= 15 is 0 Å². The Morgan fingerprint density at radius 2 is 1.60 bits per heavy atom. The van der Waals surface area contributed by atoms with Crippen LogP contribution in [0.1, 0.15) is 26.3 Å². The van der Waals surface area contributed by atoms with Gasteiger partial charge in [0.25, 0.3) is 0 Å². The predicted molar refractivity (Wildman–Crippen MR) is 62.0 cm³/mol. The molecule has 0 saturated heterocycles. The second-order valence-corrected chi connectivity index (χ2v) is 4.88. The Labute approximate surface area is 92.0 Å². The normalized spacial score (nSPS) is 11.4. The lowest BCUT2D eigenvalue weighted by Gasteiger charge is -2.18. The maximum absolute atomic E-state index is 9.29. The molecule has 0 aromatic heterocycles. The third kappa shape index (κ3) is 7.20. The van der Waals surface area contributed by atoms with E-state index in [0.717, 1.165) is 0 Å². The first-order valence-corrected chi connectivity index (χ1v) is 5.76. The van der Waals surface area contributed by atoms with Crippen molar-refractivity contribution < 1.29 is 14.0 Å². The van der Waals surface area contributed by atoms with Gasteiger partial charge in [-0.3, -0.25) is 0 Å². The van der Waals surface area contributed by atoms with Gasteiger partial charge in [-0.05, 0) is 11.0 Å². The molecule has 0 heterocycles. The summed E-state index contributed by atoms with van der Waals surface area (Å²) in [5, 5.41) is 0. The highest BCUT2D eigenvalue weighted by molar-refractivity contribution is 7.32. The van der Waals surface area contributed by atoms with E-state index < -0.39 is 8.25 Å². The Kier molecular flexibility index (Phi) is 6.34. The van der Waals surface area contributed by atoms with Crippen LogP contribution >= 0.6 is 8.25 Å². The highest BCUT2D eigenvalue weighted by atomic mass is 31.1. The Morgan fingerprint density at radius 1 is 1.20 bits per heavy atom. The molecule has 0 amide bonds. The van der Waals surface area contributed by atoms with Crippen molar-refractivity contribution in [1.29, 1.82) is 0 Å². The van der Waals surface area contributed by atoms with E-state index in [4.69, 9.17) is 4.89 Å². The fraction of sp³-hybridized carbons (Fsp3) is 0.455. The van der Waals surface area contributed by atoms with Crippen LogP contribution in [-0.2, 0) is 14.5 Å². The molecule has 0 fully saturated rings. The Balaban J connectivity index is 0.000000336. The van der Waals surface area contributed by atoms with Gasteiger partial charge in [0, 0.05) is 4.57 Å². The van der Waals surface area contributed by atoms with Gasteiger partial charge < -0.3 is 0 Å². The first-order chi connectivity index (χ1) is 6.88. The van der Waals surface area contributed by atoms with Crippen molar-refractivity contribution in [3.63, 3.8) is 0 Å². The van der Waals surface area contributed by atoms with E-state index in [0.29, 0.717) is 5.41 Å². The third-order valence-corrected chi connectivity index (χ3v) is 2.11. The van der Waals surface area contributed by atoms with Crippen molar-refractivity contribution in [2.24, 2.45) is 0 Å². The van der Waals surface area contributed by atoms with Crippen molar-refractivity contribution in [1.82, 2.24) is 0 Å². The molecule has 84 valence electrons. The van der Waals surface area contributed by atoms with E-state index in [1.165, 1.54) is 12.7 Å². The Morgan fingerprint density at radius 3 is 1.80 bits per heavy atom. The zero-order chi connectivity index (χ0) is 11.9. The standard InChI is InChI=1S/C10H14.CH3O3P/c1-10(2,3)9-7-5-4-6-8-9;1-4-5(2)3/h4-8H,1-3H3;1H3/p+1. The van der Waals surface area contributed by atoms with Gasteiger partial charge in [0.05, 0.1) is 7.11 Å². The Bertz CT molecular complexity index is 290. The molecule has 0 aliphatic rings. The van der Waals surface area contributed by atoms with Crippen LogP contribution in [0.5, 0.6) is 0 Å². The summed E-state index contributed by atoms with van der Waals surface area (Å²) in [5.74, 6) is 0. The van der Waals surface area contributed by atoms with Crippen molar-refractivity contribution in [2.45, 2.75) is 26.2 Å². The largest absolute Gasteiger partial charge is 0.694 e. The summed E-state index contributed by atoms with van der Waals surface area (Å²) in [6.07, 6.45) is 0. The van der Waals surface area contributed by atoms with Crippen molar-refractivity contribution in [2.75, 3.05) is 7.11 Å². The first kappa shape index (κ1) is 14.2. The highest BCUT2D eigenvalue weighted by Crippen LogP contribution is 2.20. The van der Waals surface area contributed by atoms with Crippen LogP contribution in [0, 0.1) is 0 Å². The van der Waals surface area contributed by atoms with Gasteiger partial charge in [-0.1, -0.05) is 51.1 Å². The van der Waals surface area contributed by atoms with Crippen molar-refractivity contribution >= 4 is 8.25 Å². The number of benzene rings is 1. The van der Waals surface area contributed by atoms with Gasteiger partial charge in [0.2, 0.25) is 0 Å². The number of hydrogen-bond donors (Lipinski definition) is 1. The second kappa shape index (κ2) is 6.67. The van der Waals surface area contributed by atoms with E-state index in [-0.39, 0.29) is 0 Å². The molecule has 0 saturated carbocycles. The van der Waals surface area contributed by atoms with Crippen LogP contribution in [0.3, 0.4) is 0 Å². The van der Waals surface area contributed by atoms with Crippen molar-refractivity contribution in [3.8, 4) is 0 Å². The van der Waals surface area contributed by atoms with E-state index in [1.807, 2.05) is 0 Å². The molecule has 1 atom stereocenters. The van der Waals surface area contributed by atoms with Gasteiger partial charge in [-0.15, -0.1) is 9.42 Å². The molecule has 1 aromatic rings. The second-order valence-electron chi connectivity index (χ2n) is 4.04. The quantitative estimate of drug-likeness (QED) is 0.752. The molecule has 0 spiro atoms. The molecule has 0 aliphatic heterocycles. The molecule has 15 heavy (non-hydrogen) atoms. The monoisotopic (exact) mass is 229 g/mol. The lowest BCUT2D eigenvalue weighted by Crippen LogP contribution is -2.10. The van der Waals surface area contributed by atoms with Gasteiger partial charge in [0.15, 0.2) is 0 Å². The van der Waals surface area contributed by atoms with Gasteiger partial charge in [-0.25, -0.2) is 0 Å². The topological polar surface area (TPSA) is 46.5 Å². The minimum atomic E-state index is -2.35. The van der Waals surface area contributed by atoms with Crippen molar-refractivity contribution in [3.05, 3.63) is 35.9 Å². The molecule has 1 N–H and O–H groups in total. The van der Waals surface area contributed by atoms with Crippen LogP contribution in [0.25, 0.3) is 0 Å². The smallest absolute Gasteiger partial charge is 0.133 e. The van der Waals surface area contributed by atoms with Gasteiger partial charge in [-0.2, -0.15) is 0 Å². The minimum absolute atomic E-state index is 0.293. The predicted octanol–water partition coefficient (Wildman–Crippen LogP) is 3.27. The molecular weight excluding hydrogens is 211 g/mol. The summed E-state index contributed by atoms with van der Waals surface area (Å²) in [6.45, 7) is 6.67. The molecule has 0 aliphatic carbocycles. The molecule has 4 heteroatoms. The molecule has 0 bridgehead atoms. The van der Waals surface area contributed by atoms with Crippen LogP contribution < -0.4 is 0 Å². The molecule has 1 unspecified atom stereocenters. The lowest BCUT2D eigenvalue weighted by atomic mass is 9.87. The summed E-state index contributed by atoms with van der Waals surface area (Å²) >= 11 is 0. The average molecular weight is 229 g/mol. The zero-order valence-electron chi connectivity index (χ0n) is 9.60. The van der Waals surface area contributed by atoms with E-state index in [9.17, 15) is 4.57 Å². The Hall–Kier alpha value is -0.760. The summed E-state index contributed by atoms with van der Waals surface area (Å²) in [4.78, 5) is 7.65.